The summed E-state index contributed by atoms with van der Waals surface area (Å²) in [6, 6.07) is 9.77. The number of phenols is 1. The Bertz CT molecular complexity index is 546. The molecule has 0 aliphatic carbocycles. The maximum atomic E-state index is 10.5. The van der Waals surface area contributed by atoms with Crippen molar-refractivity contribution in [3.05, 3.63) is 64.5 Å². The number of aromatic nitrogens is 1. The Morgan fingerprint density at radius 1 is 1.22 bits per heavy atom. The second kappa shape index (κ2) is 6.11. The van der Waals surface area contributed by atoms with Gasteiger partial charge in [-0.05, 0) is 6.07 Å². The van der Waals surface area contributed by atoms with Gasteiger partial charge < -0.3 is 22.1 Å². The zero-order chi connectivity index (χ0) is 12.3. The lowest BCUT2D eigenvalue weighted by atomic mass is 10.2. The van der Waals surface area contributed by atoms with Crippen LogP contribution in [0.25, 0.3) is 0 Å². The number of phenolic OH excluding ortho intramolecular Hbond substituents is 1. The summed E-state index contributed by atoms with van der Waals surface area (Å²) < 4.78 is 1.88. The normalized spacial score (nSPS) is 9.56. The van der Waals surface area contributed by atoms with E-state index in [1.807, 2.05) is 35.2 Å². The average molecular weight is 311 g/mol. The third kappa shape index (κ3) is 3.27. The Balaban J connectivity index is 0.00000162. The van der Waals surface area contributed by atoms with Crippen LogP contribution in [0.3, 0.4) is 0 Å². The number of non-ortho nitro benzene ring substituents is 1. The molecule has 1 aromatic carbocycles. The van der Waals surface area contributed by atoms with Gasteiger partial charge in [0.1, 0.15) is 5.75 Å². The first-order valence-corrected chi connectivity index (χ1v) is 5.07. The highest BCUT2D eigenvalue weighted by atomic mass is 79.9. The summed E-state index contributed by atoms with van der Waals surface area (Å²) in [5, 5.41) is 20.2. The Kier molecular flexibility index (Phi) is 4.79. The third-order valence-electron chi connectivity index (χ3n) is 2.41. The number of benzene rings is 1. The summed E-state index contributed by atoms with van der Waals surface area (Å²) in [5.41, 5.74) is 0.538. The predicted octanol–water partition coefficient (Wildman–Crippen LogP) is -1.36. The molecule has 2 rings (SSSR count). The molecule has 0 radical (unpaired) electrons. The molecule has 1 N–H and O–H groups in total. The van der Waals surface area contributed by atoms with Crippen LogP contribution >= 0.6 is 0 Å². The highest BCUT2D eigenvalue weighted by Gasteiger charge is 2.12. The van der Waals surface area contributed by atoms with Crippen molar-refractivity contribution in [2.75, 3.05) is 0 Å². The van der Waals surface area contributed by atoms with E-state index in [1.165, 1.54) is 12.1 Å². The molecule has 0 saturated carbocycles. The maximum absolute atomic E-state index is 10.5. The fourth-order valence-electron chi connectivity index (χ4n) is 1.54. The number of hydrogen-bond donors (Lipinski definition) is 1. The minimum Gasteiger partial charge on any atom is -1.00 e. The van der Waals surface area contributed by atoms with E-state index in [1.54, 1.807) is 6.07 Å². The number of hydrogen-bond acceptors (Lipinski definition) is 3. The van der Waals surface area contributed by atoms with E-state index in [-0.39, 0.29) is 28.4 Å². The molecule has 0 aliphatic heterocycles. The van der Waals surface area contributed by atoms with Gasteiger partial charge in [-0.1, -0.05) is 6.07 Å². The number of nitro groups is 1. The molecule has 0 aliphatic rings. The van der Waals surface area contributed by atoms with Gasteiger partial charge in [-0.3, -0.25) is 10.1 Å². The summed E-state index contributed by atoms with van der Waals surface area (Å²) >= 11 is 0. The highest BCUT2D eigenvalue weighted by molar-refractivity contribution is 5.43. The van der Waals surface area contributed by atoms with Gasteiger partial charge in [0.15, 0.2) is 18.9 Å². The van der Waals surface area contributed by atoms with Crippen molar-refractivity contribution in [1.29, 1.82) is 0 Å². The molecule has 94 valence electrons. The van der Waals surface area contributed by atoms with E-state index >= 15 is 0 Å². The van der Waals surface area contributed by atoms with Crippen LogP contribution in [0.4, 0.5) is 5.69 Å². The Labute approximate surface area is 114 Å². The van der Waals surface area contributed by atoms with Crippen molar-refractivity contribution in [1.82, 2.24) is 0 Å². The van der Waals surface area contributed by atoms with Crippen LogP contribution in [0.2, 0.25) is 0 Å². The van der Waals surface area contributed by atoms with E-state index < -0.39 is 4.92 Å². The van der Waals surface area contributed by atoms with Crippen LogP contribution in [0.1, 0.15) is 5.56 Å². The van der Waals surface area contributed by atoms with E-state index in [4.69, 9.17) is 0 Å². The summed E-state index contributed by atoms with van der Waals surface area (Å²) in [4.78, 5) is 9.98. The van der Waals surface area contributed by atoms with E-state index in [9.17, 15) is 15.2 Å². The summed E-state index contributed by atoms with van der Waals surface area (Å²) in [5.74, 6) is -0.0597. The first-order chi connectivity index (χ1) is 8.16. The smallest absolute Gasteiger partial charge is 0.273 e. The zero-order valence-electron chi connectivity index (χ0n) is 9.36. The van der Waals surface area contributed by atoms with Gasteiger partial charge in [0.05, 0.1) is 16.6 Å². The number of pyridine rings is 1. The summed E-state index contributed by atoms with van der Waals surface area (Å²) in [7, 11) is 0. The number of nitro benzene ring substituents is 1. The van der Waals surface area contributed by atoms with Gasteiger partial charge >= 0.3 is 0 Å². The third-order valence-corrected chi connectivity index (χ3v) is 2.41. The molecule has 0 spiro atoms. The zero-order valence-corrected chi connectivity index (χ0v) is 10.9. The first-order valence-electron chi connectivity index (χ1n) is 5.07. The molecule has 1 heterocycles. The van der Waals surface area contributed by atoms with Crippen LogP contribution in [0, 0.1) is 10.1 Å². The highest BCUT2D eigenvalue weighted by Crippen LogP contribution is 2.22. The van der Waals surface area contributed by atoms with Gasteiger partial charge in [-0.25, -0.2) is 4.57 Å². The molecule has 1 aromatic heterocycles. The molecule has 18 heavy (non-hydrogen) atoms. The lowest BCUT2D eigenvalue weighted by molar-refractivity contribution is -0.688. The maximum Gasteiger partial charge on any atom is 0.273 e. The Morgan fingerprint density at radius 3 is 2.44 bits per heavy atom. The minimum absolute atomic E-state index is 0. The van der Waals surface area contributed by atoms with Crippen LogP contribution < -0.4 is 21.5 Å². The van der Waals surface area contributed by atoms with Gasteiger partial charge in [0.25, 0.3) is 5.69 Å². The van der Waals surface area contributed by atoms with Crippen molar-refractivity contribution in [2.45, 2.75) is 6.54 Å². The molecule has 0 fully saturated rings. The van der Waals surface area contributed by atoms with Gasteiger partial charge in [-0.15, -0.1) is 0 Å². The largest absolute Gasteiger partial charge is 1.00 e. The molecule has 0 atom stereocenters. The van der Waals surface area contributed by atoms with Crippen molar-refractivity contribution >= 4 is 5.69 Å². The molecule has 0 bridgehead atoms. The summed E-state index contributed by atoms with van der Waals surface area (Å²) in [6.45, 7) is 0.477. The van der Waals surface area contributed by atoms with Gasteiger partial charge in [0.2, 0.25) is 0 Å². The van der Waals surface area contributed by atoms with Crippen molar-refractivity contribution in [2.24, 2.45) is 0 Å². The molecule has 0 amide bonds. The Morgan fingerprint density at radius 2 is 1.89 bits per heavy atom. The average Bonchev–Trinajstić information content (AvgIpc) is 2.33. The molecule has 0 unspecified atom stereocenters. The number of rotatable bonds is 3. The fourth-order valence-corrected chi connectivity index (χ4v) is 1.54. The van der Waals surface area contributed by atoms with Gasteiger partial charge in [-0.2, -0.15) is 0 Å². The molecular formula is C12H11BrN2O3. The van der Waals surface area contributed by atoms with E-state index in [2.05, 4.69) is 0 Å². The first kappa shape index (κ1) is 14.1. The lowest BCUT2D eigenvalue weighted by Gasteiger charge is -2.01. The second-order valence-electron chi connectivity index (χ2n) is 3.62. The molecule has 0 saturated heterocycles. The number of nitrogens with zero attached hydrogens (tertiary/aromatic N) is 2. The lowest BCUT2D eigenvalue weighted by Crippen LogP contribution is -3.00. The number of halogens is 1. The second-order valence-corrected chi connectivity index (χ2v) is 3.62. The van der Waals surface area contributed by atoms with Crippen LogP contribution in [0.5, 0.6) is 5.75 Å². The number of aromatic hydroxyl groups is 1. The van der Waals surface area contributed by atoms with Crippen molar-refractivity contribution < 1.29 is 31.6 Å². The predicted molar refractivity (Wildman–Crippen MR) is 60.5 cm³/mol. The molecule has 5 nitrogen and oxygen atoms in total. The molecule has 2 aromatic rings. The van der Waals surface area contributed by atoms with Crippen LogP contribution in [0.15, 0.2) is 48.8 Å². The molecular weight excluding hydrogens is 300 g/mol. The van der Waals surface area contributed by atoms with Crippen molar-refractivity contribution in [3.63, 3.8) is 0 Å². The van der Waals surface area contributed by atoms with Crippen LogP contribution in [-0.4, -0.2) is 10.0 Å². The standard InChI is InChI=1S/C12H10N2O3.BrH/c15-12-8-11(14(16)17)5-4-10(12)9-13-6-2-1-3-7-13;/h1-8H,9H2;1H. The fraction of sp³-hybridized carbons (Fsp3) is 0.0833. The van der Waals surface area contributed by atoms with Gasteiger partial charge in [0, 0.05) is 18.2 Å². The Hall–Kier alpha value is -1.95. The van der Waals surface area contributed by atoms with Crippen LogP contribution in [-0.2, 0) is 6.54 Å². The SMILES string of the molecule is O=[N+]([O-])c1ccc(C[n+]2ccccc2)c(O)c1.[Br-]. The minimum atomic E-state index is -0.529. The quantitative estimate of drug-likeness (QED) is 0.433. The van der Waals surface area contributed by atoms with E-state index in [0.29, 0.717) is 12.1 Å². The van der Waals surface area contributed by atoms with Crippen molar-refractivity contribution in [3.8, 4) is 5.75 Å². The topological polar surface area (TPSA) is 67.2 Å². The monoisotopic (exact) mass is 310 g/mol. The summed E-state index contributed by atoms with van der Waals surface area (Å²) in [6.07, 6.45) is 3.72. The molecule has 6 heteroatoms. The van der Waals surface area contributed by atoms with E-state index in [0.717, 1.165) is 0 Å².